The molecular weight excluding hydrogens is 328 g/mol. The van der Waals surface area contributed by atoms with E-state index in [0.717, 1.165) is 31.3 Å². The number of rotatable bonds is 5. The Kier molecular flexibility index (Phi) is 5.84. The molecule has 144 valence electrons. The Balaban J connectivity index is 1.67. The molecule has 26 heavy (non-hydrogen) atoms. The molecule has 7 nitrogen and oxygen atoms in total. The minimum atomic E-state index is 0.0981. The van der Waals surface area contributed by atoms with Gasteiger partial charge in [0.2, 0.25) is 5.91 Å². The van der Waals surface area contributed by atoms with Crippen molar-refractivity contribution in [1.82, 2.24) is 20.0 Å². The fourth-order valence-corrected chi connectivity index (χ4v) is 4.09. The number of carbonyl (C=O) groups excluding carboxylic acids is 1. The second kappa shape index (κ2) is 8.10. The Labute approximate surface area is 156 Å². The number of aromatic nitrogens is 2. The van der Waals surface area contributed by atoms with Crippen LogP contribution in [0, 0.1) is 5.41 Å². The second-order valence-electron chi connectivity index (χ2n) is 7.57. The number of carbonyl (C=O) groups is 1. The topological polar surface area (TPSA) is 65.8 Å². The molecule has 1 aliphatic carbocycles. The van der Waals surface area contributed by atoms with Crippen molar-refractivity contribution < 1.29 is 4.79 Å². The normalized spacial score (nSPS) is 20.7. The molecule has 0 bridgehead atoms. The van der Waals surface area contributed by atoms with Gasteiger partial charge < -0.3 is 15.1 Å². The number of nitrogens with zero attached hydrogens (tertiary/aromatic N) is 5. The molecule has 1 N–H and O–H groups in total. The van der Waals surface area contributed by atoms with E-state index in [2.05, 4.69) is 29.2 Å². The van der Waals surface area contributed by atoms with E-state index in [0.29, 0.717) is 18.5 Å². The van der Waals surface area contributed by atoms with Gasteiger partial charge in [-0.3, -0.25) is 14.5 Å². The molecule has 1 saturated heterocycles. The first-order chi connectivity index (χ1) is 12.6. The van der Waals surface area contributed by atoms with Crippen LogP contribution in [0.3, 0.4) is 0 Å². The maximum Gasteiger partial charge on any atom is 0.246 e. The van der Waals surface area contributed by atoms with E-state index in [1.54, 1.807) is 10.9 Å². The predicted molar refractivity (Wildman–Crippen MR) is 104 cm³/mol. The molecule has 0 spiro atoms. The molecule has 0 aromatic carbocycles. The molecule has 1 saturated carbocycles. The molecule has 1 aromatic heterocycles. The van der Waals surface area contributed by atoms with Crippen LogP contribution >= 0.6 is 0 Å². The first-order valence-corrected chi connectivity index (χ1v) is 9.89. The first-order valence-electron chi connectivity index (χ1n) is 9.89. The number of guanidine groups is 1. The van der Waals surface area contributed by atoms with Crippen molar-refractivity contribution in [2.24, 2.45) is 17.5 Å². The summed E-state index contributed by atoms with van der Waals surface area (Å²) in [6.07, 6.45) is 10.0. The summed E-state index contributed by atoms with van der Waals surface area (Å²) >= 11 is 0. The van der Waals surface area contributed by atoms with E-state index in [4.69, 9.17) is 4.99 Å². The van der Waals surface area contributed by atoms with Gasteiger partial charge in [-0.1, -0.05) is 19.8 Å². The first kappa shape index (κ1) is 18.7. The summed E-state index contributed by atoms with van der Waals surface area (Å²) in [6, 6.07) is 0. The minimum absolute atomic E-state index is 0.0981. The number of aryl methyl sites for hydroxylation is 1. The summed E-state index contributed by atoms with van der Waals surface area (Å²) in [5.41, 5.74) is 1.23. The summed E-state index contributed by atoms with van der Waals surface area (Å²) in [7, 11) is 1.87. The van der Waals surface area contributed by atoms with Gasteiger partial charge in [0.25, 0.3) is 0 Å². The molecule has 0 atom stereocenters. The summed E-state index contributed by atoms with van der Waals surface area (Å²) in [6.45, 7) is 7.84. The highest BCUT2D eigenvalue weighted by molar-refractivity contribution is 5.98. The Morgan fingerprint density at radius 3 is 2.65 bits per heavy atom. The van der Waals surface area contributed by atoms with E-state index in [1.807, 2.05) is 18.1 Å². The van der Waals surface area contributed by atoms with Gasteiger partial charge in [0.1, 0.15) is 6.54 Å². The molecular formula is C19H32N6O. The van der Waals surface area contributed by atoms with Crippen molar-refractivity contribution in [3.05, 3.63) is 12.4 Å². The Bertz CT molecular complexity index is 646. The number of hydrogen-bond acceptors (Lipinski definition) is 3. The van der Waals surface area contributed by atoms with Crippen molar-refractivity contribution >= 4 is 17.6 Å². The van der Waals surface area contributed by atoms with Crippen molar-refractivity contribution in [2.75, 3.05) is 37.6 Å². The number of piperazine rings is 1. The van der Waals surface area contributed by atoms with Crippen LogP contribution < -0.4 is 10.2 Å². The van der Waals surface area contributed by atoms with E-state index in [1.165, 1.54) is 32.1 Å². The minimum Gasteiger partial charge on any atom is -0.357 e. The quantitative estimate of drug-likeness (QED) is 0.644. The third kappa shape index (κ3) is 4.02. The average Bonchev–Trinajstić information content (AvgIpc) is 3.28. The lowest BCUT2D eigenvalue weighted by atomic mass is 9.83. The van der Waals surface area contributed by atoms with Gasteiger partial charge >= 0.3 is 0 Å². The Morgan fingerprint density at radius 2 is 2.08 bits per heavy atom. The third-order valence-electron chi connectivity index (χ3n) is 5.84. The van der Waals surface area contributed by atoms with Gasteiger partial charge in [0, 0.05) is 39.4 Å². The molecule has 1 amide bonds. The largest absolute Gasteiger partial charge is 0.357 e. The molecule has 7 heteroatoms. The van der Waals surface area contributed by atoms with Crippen LogP contribution in [0.15, 0.2) is 17.4 Å². The van der Waals surface area contributed by atoms with Crippen LogP contribution in [-0.2, 0) is 11.8 Å². The van der Waals surface area contributed by atoms with Gasteiger partial charge in [0.05, 0.1) is 11.9 Å². The van der Waals surface area contributed by atoms with Crippen LogP contribution in [-0.4, -0.2) is 59.3 Å². The average molecular weight is 361 g/mol. The number of aliphatic imine (C=N–C) groups is 1. The zero-order valence-corrected chi connectivity index (χ0v) is 16.4. The maximum atomic E-state index is 12.7. The SMILES string of the molecule is CCNC(=NCC1(CC)CCCC1)N1CCN(c2cnn(C)c2)C(=O)C1. The number of nitrogens with one attached hydrogen (secondary N) is 1. The lowest BCUT2D eigenvalue weighted by molar-refractivity contribution is -0.120. The van der Waals surface area contributed by atoms with E-state index >= 15 is 0 Å². The Hall–Kier alpha value is -2.05. The monoisotopic (exact) mass is 360 g/mol. The molecule has 2 fully saturated rings. The summed E-state index contributed by atoms with van der Waals surface area (Å²) < 4.78 is 1.73. The van der Waals surface area contributed by atoms with Crippen LogP contribution in [0.5, 0.6) is 0 Å². The highest BCUT2D eigenvalue weighted by atomic mass is 16.2. The predicted octanol–water partition coefficient (Wildman–Crippen LogP) is 2.00. The van der Waals surface area contributed by atoms with Crippen molar-refractivity contribution in [1.29, 1.82) is 0 Å². The van der Waals surface area contributed by atoms with E-state index in [9.17, 15) is 4.79 Å². The summed E-state index contributed by atoms with van der Waals surface area (Å²) in [4.78, 5) is 21.5. The second-order valence-corrected chi connectivity index (χ2v) is 7.57. The van der Waals surface area contributed by atoms with Crippen LogP contribution in [0.4, 0.5) is 5.69 Å². The zero-order chi connectivity index (χ0) is 18.6. The van der Waals surface area contributed by atoms with Crippen LogP contribution in [0.2, 0.25) is 0 Å². The van der Waals surface area contributed by atoms with Crippen LogP contribution in [0.1, 0.15) is 46.0 Å². The van der Waals surface area contributed by atoms with Crippen molar-refractivity contribution in [3.63, 3.8) is 0 Å². The van der Waals surface area contributed by atoms with E-state index < -0.39 is 0 Å². The molecule has 0 radical (unpaired) electrons. The lowest BCUT2D eigenvalue weighted by Crippen LogP contribution is -2.55. The highest BCUT2D eigenvalue weighted by Crippen LogP contribution is 2.41. The number of hydrogen-bond donors (Lipinski definition) is 1. The standard InChI is InChI=1S/C19H32N6O/c1-4-19(8-6-7-9-19)15-21-18(20-5-2)24-10-11-25(17(26)14-24)16-12-22-23(3)13-16/h12-13H,4-11,14-15H2,1-3H3,(H,20,21). The van der Waals surface area contributed by atoms with Gasteiger partial charge in [0.15, 0.2) is 5.96 Å². The number of anilines is 1. The zero-order valence-electron chi connectivity index (χ0n) is 16.4. The van der Waals surface area contributed by atoms with Crippen molar-refractivity contribution in [2.45, 2.75) is 46.0 Å². The molecule has 0 unspecified atom stereocenters. The highest BCUT2D eigenvalue weighted by Gasteiger charge is 2.33. The van der Waals surface area contributed by atoms with E-state index in [-0.39, 0.29) is 5.91 Å². The lowest BCUT2D eigenvalue weighted by Gasteiger charge is -2.36. The smallest absolute Gasteiger partial charge is 0.246 e. The maximum absolute atomic E-state index is 12.7. The number of amides is 1. The molecule has 2 heterocycles. The molecule has 3 rings (SSSR count). The van der Waals surface area contributed by atoms with Gasteiger partial charge in [-0.2, -0.15) is 5.10 Å². The molecule has 2 aliphatic rings. The molecule has 1 aromatic rings. The van der Waals surface area contributed by atoms with Crippen LogP contribution in [0.25, 0.3) is 0 Å². The fraction of sp³-hybridized carbons (Fsp3) is 0.737. The van der Waals surface area contributed by atoms with Gasteiger partial charge in [-0.05, 0) is 31.6 Å². The third-order valence-corrected chi connectivity index (χ3v) is 5.84. The van der Waals surface area contributed by atoms with Gasteiger partial charge in [-0.25, -0.2) is 0 Å². The fourth-order valence-electron chi connectivity index (χ4n) is 4.09. The summed E-state index contributed by atoms with van der Waals surface area (Å²) in [5, 5.41) is 7.56. The molecule has 1 aliphatic heterocycles. The van der Waals surface area contributed by atoms with Crippen molar-refractivity contribution in [3.8, 4) is 0 Å². The summed E-state index contributed by atoms with van der Waals surface area (Å²) in [5.74, 6) is 0.979. The van der Waals surface area contributed by atoms with Gasteiger partial charge in [-0.15, -0.1) is 0 Å². The Morgan fingerprint density at radius 1 is 1.31 bits per heavy atom.